The van der Waals surface area contributed by atoms with Gasteiger partial charge in [-0.1, -0.05) is 0 Å². The second-order valence-corrected chi connectivity index (χ2v) is 5.13. The van der Waals surface area contributed by atoms with Crippen molar-refractivity contribution in [3.63, 3.8) is 0 Å². The lowest BCUT2D eigenvalue weighted by Gasteiger charge is -2.24. The largest absolute Gasteiger partial charge is 0.479 e. The Balaban J connectivity index is 2.13. The van der Waals surface area contributed by atoms with Crippen molar-refractivity contribution in [2.45, 2.75) is 32.5 Å². The molecule has 5 nitrogen and oxygen atoms in total. The molecular weight excluding hydrogens is 232 g/mol. The fourth-order valence-corrected chi connectivity index (χ4v) is 1.64. The first-order valence-electron chi connectivity index (χ1n) is 5.93. The number of benzene rings is 1. The molecule has 0 saturated heterocycles. The van der Waals surface area contributed by atoms with Crippen LogP contribution < -0.4 is 15.4 Å². The number of hydrogen-bond donors (Lipinski definition) is 3. The normalized spacial score (nSPS) is 18.7. The molecule has 1 aromatic rings. The number of ether oxygens (including phenoxy) is 1. The smallest absolute Gasteiger partial charge is 0.265 e. The Hall–Kier alpha value is -1.75. The van der Waals surface area contributed by atoms with Gasteiger partial charge in [0.2, 0.25) is 0 Å². The van der Waals surface area contributed by atoms with Crippen LogP contribution in [-0.2, 0) is 4.79 Å². The SMILES string of the molecule is CC1Oc2ccc(NCC(C)(C)O)cc2NC1=O. The lowest BCUT2D eigenvalue weighted by molar-refractivity contribution is -0.122. The summed E-state index contributed by atoms with van der Waals surface area (Å²) >= 11 is 0. The maximum atomic E-state index is 11.5. The minimum atomic E-state index is -0.788. The highest BCUT2D eigenvalue weighted by Crippen LogP contribution is 2.32. The molecule has 18 heavy (non-hydrogen) atoms. The third-order valence-corrected chi connectivity index (χ3v) is 2.64. The summed E-state index contributed by atoms with van der Waals surface area (Å²) in [6.45, 7) is 5.59. The van der Waals surface area contributed by atoms with Crippen molar-refractivity contribution in [3.05, 3.63) is 18.2 Å². The van der Waals surface area contributed by atoms with Crippen molar-refractivity contribution in [2.75, 3.05) is 17.2 Å². The van der Waals surface area contributed by atoms with Crippen LogP contribution in [0.3, 0.4) is 0 Å². The first kappa shape index (κ1) is 12.7. The summed E-state index contributed by atoms with van der Waals surface area (Å²) in [5, 5.41) is 15.5. The number of nitrogens with one attached hydrogen (secondary N) is 2. The van der Waals surface area contributed by atoms with E-state index in [1.165, 1.54) is 0 Å². The molecule has 0 radical (unpaired) electrons. The average Bonchev–Trinajstić information content (AvgIpc) is 2.27. The average molecular weight is 250 g/mol. The quantitative estimate of drug-likeness (QED) is 0.762. The molecule has 0 aliphatic carbocycles. The maximum absolute atomic E-state index is 11.5. The second-order valence-electron chi connectivity index (χ2n) is 5.13. The van der Waals surface area contributed by atoms with E-state index in [0.717, 1.165) is 5.69 Å². The first-order chi connectivity index (χ1) is 8.35. The van der Waals surface area contributed by atoms with Gasteiger partial charge in [0.25, 0.3) is 5.91 Å². The van der Waals surface area contributed by atoms with Gasteiger partial charge in [0, 0.05) is 12.2 Å². The fourth-order valence-electron chi connectivity index (χ4n) is 1.64. The van der Waals surface area contributed by atoms with Gasteiger partial charge in [-0.25, -0.2) is 0 Å². The van der Waals surface area contributed by atoms with Crippen LogP contribution in [0.1, 0.15) is 20.8 Å². The Kier molecular flexibility index (Phi) is 3.17. The van der Waals surface area contributed by atoms with E-state index in [9.17, 15) is 9.90 Å². The van der Waals surface area contributed by atoms with E-state index < -0.39 is 11.7 Å². The van der Waals surface area contributed by atoms with Crippen LogP contribution in [0.25, 0.3) is 0 Å². The van der Waals surface area contributed by atoms with Gasteiger partial charge in [0.1, 0.15) is 5.75 Å². The molecule has 1 heterocycles. The zero-order valence-electron chi connectivity index (χ0n) is 10.8. The molecule has 2 rings (SSSR count). The lowest BCUT2D eigenvalue weighted by Crippen LogP contribution is -2.34. The van der Waals surface area contributed by atoms with E-state index in [2.05, 4.69) is 10.6 Å². The fraction of sp³-hybridized carbons (Fsp3) is 0.462. The minimum absolute atomic E-state index is 0.151. The highest BCUT2D eigenvalue weighted by molar-refractivity contribution is 5.98. The molecule has 98 valence electrons. The molecule has 1 unspecified atom stereocenters. The zero-order valence-corrected chi connectivity index (χ0v) is 10.8. The number of carbonyl (C=O) groups is 1. The molecular formula is C13H18N2O3. The maximum Gasteiger partial charge on any atom is 0.265 e. The second kappa shape index (κ2) is 4.49. The lowest BCUT2D eigenvalue weighted by atomic mass is 10.1. The summed E-state index contributed by atoms with van der Waals surface area (Å²) in [5.74, 6) is 0.512. The number of hydrogen-bond acceptors (Lipinski definition) is 4. The van der Waals surface area contributed by atoms with Crippen molar-refractivity contribution in [3.8, 4) is 5.75 Å². The summed E-state index contributed by atoms with van der Waals surface area (Å²) in [6, 6.07) is 5.46. The number of anilines is 2. The van der Waals surface area contributed by atoms with Gasteiger partial charge in [-0.05, 0) is 39.0 Å². The minimum Gasteiger partial charge on any atom is -0.479 e. The zero-order chi connectivity index (χ0) is 13.3. The molecule has 1 aliphatic rings. The molecule has 1 aromatic carbocycles. The van der Waals surface area contributed by atoms with Gasteiger partial charge in [0.05, 0.1) is 11.3 Å². The summed E-state index contributed by atoms with van der Waals surface area (Å²) in [5.41, 5.74) is 0.692. The van der Waals surface area contributed by atoms with Crippen LogP contribution in [0.15, 0.2) is 18.2 Å². The van der Waals surface area contributed by atoms with Crippen LogP contribution in [-0.4, -0.2) is 29.3 Å². The van der Waals surface area contributed by atoms with E-state index in [1.807, 2.05) is 6.07 Å². The monoisotopic (exact) mass is 250 g/mol. The van der Waals surface area contributed by atoms with Crippen LogP contribution in [0.5, 0.6) is 5.75 Å². The molecule has 0 aromatic heterocycles. The summed E-state index contributed by atoms with van der Waals surface area (Å²) < 4.78 is 5.46. The predicted octanol–water partition coefficient (Wildman–Crippen LogP) is 1.59. The van der Waals surface area contributed by atoms with Gasteiger partial charge in [-0.3, -0.25) is 4.79 Å². The Morgan fingerprint density at radius 2 is 2.22 bits per heavy atom. The van der Waals surface area contributed by atoms with Crippen molar-refractivity contribution in [2.24, 2.45) is 0 Å². The first-order valence-corrected chi connectivity index (χ1v) is 5.93. The Bertz CT molecular complexity index is 466. The molecule has 5 heteroatoms. The highest BCUT2D eigenvalue weighted by Gasteiger charge is 2.23. The van der Waals surface area contributed by atoms with Crippen molar-refractivity contribution >= 4 is 17.3 Å². The van der Waals surface area contributed by atoms with Gasteiger partial charge < -0.3 is 20.5 Å². The molecule has 0 saturated carbocycles. The van der Waals surface area contributed by atoms with Gasteiger partial charge in [-0.2, -0.15) is 0 Å². The molecule has 0 spiro atoms. The van der Waals surface area contributed by atoms with Gasteiger partial charge in [-0.15, -0.1) is 0 Å². The van der Waals surface area contributed by atoms with E-state index >= 15 is 0 Å². The van der Waals surface area contributed by atoms with Crippen LogP contribution >= 0.6 is 0 Å². The van der Waals surface area contributed by atoms with E-state index in [4.69, 9.17) is 4.74 Å². The standard InChI is InChI=1S/C13H18N2O3/c1-8-12(16)15-10-6-9(4-5-11(10)18-8)14-7-13(2,3)17/h4-6,8,14,17H,7H2,1-3H3,(H,15,16). The molecule has 1 atom stereocenters. The third kappa shape index (κ3) is 2.92. The van der Waals surface area contributed by atoms with E-state index in [-0.39, 0.29) is 5.91 Å². The van der Waals surface area contributed by atoms with Gasteiger partial charge in [0.15, 0.2) is 6.10 Å². The van der Waals surface area contributed by atoms with Crippen LogP contribution in [0.2, 0.25) is 0 Å². The molecule has 3 N–H and O–H groups in total. The Morgan fingerprint density at radius 3 is 2.89 bits per heavy atom. The number of aliphatic hydroxyl groups is 1. The molecule has 1 amide bonds. The highest BCUT2D eigenvalue weighted by atomic mass is 16.5. The van der Waals surface area contributed by atoms with Crippen molar-refractivity contribution in [1.82, 2.24) is 0 Å². The summed E-state index contributed by atoms with van der Waals surface area (Å²) in [4.78, 5) is 11.5. The van der Waals surface area contributed by atoms with Crippen LogP contribution in [0, 0.1) is 0 Å². The van der Waals surface area contributed by atoms with Crippen LogP contribution in [0.4, 0.5) is 11.4 Å². The number of rotatable bonds is 3. The number of amides is 1. The van der Waals surface area contributed by atoms with Crippen molar-refractivity contribution in [1.29, 1.82) is 0 Å². The number of carbonyl (C=O) groups excluding carboxylic acids is 1. The Labute approximate surface area is 106 Å². The van der Waals surface area contributed by atoms with E-state index in [0.29, 0.717) is 18.0 Å². The third-order valence-electron chi connectivity index (χ3n) is 2.64. The predicted molar refractivity (Wildman–Crippen MR) is 69.9 cm³/mol. The molecule has 0 fully saturated rings. The van der Waals surface area contributed by atoms with Gasteiger partial charge >= 0.3 is 0 Å². The number of fused-ring (bicyclic) bond motifs is 1. The molecule has 0 bridgehead atoms. The molecule has 1 aliphatic heterocycles. The summed E-state index contributed by atoms with van der Waals surface area (Å²) in [6.07, 6.45) is -0.465. The van der Waals surface area contributed by atoms with Crippen molar-refractivity contribution < 1.29 is 14.6 Å². The Morgan fingerprint density at radius 1 is 1.50 bits per heavy atom. The van der Waals surface area contributed by atoms with E-state index in [1.54, 1.807) is 32.9 Å². The summed E-state index contributed by atoms with van der Waals surface area (Å²) in [7, 11) is 0. The topological polar surface area (TPSA) is 70.6 Å².